The first-order valence-electron chi connectivity index (χ1n) is 9.39. The number of halogens is 3. The number of carbonyl (C=O) groups excluding carboxylic acids is 1. The molecule has 0 radical (unpaired) electrons. The Morgan fingerprint density at radius 1 is 1.13 bits per heavy atom. The molecule has 0 fully saturated rings. The molecule has 1 N–H and O–H groups in total. The van der Waals surface area contributed by atoms with Crippen molar-refractivity contribution in [3.8, 4) is 11.5 Å². The van der Waals surface area contributed by atoms with Crippen LogP contribution in [-0.4, -0.2) is 18.7 Å². The normalized spacial score (nSPS) is 10.8. The van der Waals surface area contributed by atoms with E-state index in [0.717, 1.165) is 5.56 Å². The van der Waals surface area contributed by atoms with E-state index in [1.54, 1.807) is 30.3 Å². The lowest BCUT2D eigenvalue weighted by atomic mass is 10.2. The molecule has 0 bridgehead atoms. The molecule has 3 aromatic carbocycles. The highest BCUT2D eigenvalue weighted by Crippen LogP contribution is 2.34. The topological polar surface area (TPSA) is 59.9 Å². The molecule has 0 heterocycles. The lowest BCUT2D eigenvalue weighted by Gasteiger charge is -2.14. The number of rotatable bonds is 8. The molecule has 0 saturated heterocycles. The van der Waals surface area contributed by atoms with Gasteiger partial charge < -0.3 is 9.47 Å². The minimum Gasteiger partial charge on any atom is -0.490 e. The standard InChI is InChI=1S/C23H19BrClFN2O3/c1-2-30-21-11-16(13-27-28-23(29)18-5-3-4-6-20(18)26)19(24)12-22(21)31-14-15-7-9-17(25)10-8-15/h3-13H,2,14H2,1H3,(H,28,29)/b27-13-. The van der Waals surface area contributed by atoms with Gasteiger partial charge in [0, 0.05) is 15.1 Å². The lowest BCUT2D eigenvalue weighted by molar-refractivity contribution is 0.0951. The van der Waals surface area contributed by atoms with Crippen LogP contribution in [0.25, 0.3) is 0 Å². The van der Waals surface area contributed by atoms with Gasteiger partial charge in [0.2, 0.25) is 0 Å². The fourth-order valence-electron chi connectivity index (χ4n) is 2.64. The van der Waals surface area contributed by atoms with E-state index in [2.05, 4.69) is 26.5 Å². The summed E-state index contributed by atoms with van der Waals surface area (Å²) < 4.78 is 26.0. The average molecular weight is 506 g/mol. The molecule has 0 aliphatic carbocycles. The molecule has 160 valence electrons. The Hall–Kier alpha value is -2.90. The summed E-state index contributed by atoms with van der Waals surface area (Å²) in [6.07, 6.45) is 1.44. The molecule has 1 amide bonds. The summed E-state index contributed by atoms with van der Waals surface area (Å²) in [6, 6.07) is 16.6. The predicted octanol–water partition coefficient (Wildman–Crippen LogP) is 5.98. The quantitative estimate of drug-likeness (QED) is 0.302. The zero-order chi connectivity index (χ0) is 22.2. The summed E-state index contributed by atoms with van der Waals surface area (Å²) >= 11 is 9.39. The van der Waals surface area contributed by atoms with Crippen LogP contribution < -0.4 is 14.9 Å². The van der Waals surface area contributed by atoms with E-state index in [0.29, 0.717) is 39.8 Å². The zero-order valence-corrected chi connectivity index (χ0v) is 18.9. The number of hydrogen-bond donors (Lipinski definition) is 1. The minimum atomic E-state index is -0.640. The van der Waals surface area contributed by atoms with Crippen molar-refractivity contribution in [2.45, 2.75) is 13.5 Å². The Kier molecular flexibility index (Phi) is 8.03. The van der Waals surface area contributed by atoms with E-state index in [4.69, 9.17) is 21.1 Å². The fourth-order valence-corrected chi connectivity index (χ4v) is 3.19. The van der Waals surface area contributed by atoms with Crippen LogP contribution in [-0.2, 0) is 6.61 Å². The van der Waals surface area contributed by atoms with E-state index < -0.39 is 11.7 Å². The van der Waals surface area contributed by atoms with Crippen molar-refractivity contribution in [3.05, 3.63) is 92.7 Å². The number of hydrogen-bond acceptors (Lipinski definition) is 4. The maximum atomic E-state index is 13.7. The van der Waals surface area contributed by atoms with E-state index >= 15 is 0 Å². The molecule has 0 atom stereocenters. The molecule has 0 unspecified atom stereocenters. The Morgan fingerprint density at radius 3 is 2.55 bits per heavy atom. The molecule has 3 aromatic rings. The Morgan fingerprint density at radius 2 is 1.84 bits per heavy atom. The SMILES string of the molecule is CCOc1cc(/C=N\NC(=O)c2ccccc2F)c(Br)cc1OCc1ccc(Cl)cc1. The maximum absolute atomic E-state index is 13.7. The monoisotopic (exact) mass is 504 g/mol. The molecule has 0 aromatic heterocycles. The van der Waals surface area contributed by atoms with Gasteiger partial charge in [0.05, 0.1) is 18.4 Å². The van der Waals surface area contributed by atoms with Crippen molar-refractivity contribution < 1.29 is 18.7 Å². The second kappa shape index (κ2) is 10.9. The van der Waals surface area contributed by atoms with Gasteiger partial charge in [-0.2, -0.15) is 5.10 Å². The number of nitrogens with zero attached hydrogens (tertiary/aromatic N) is 1. The molecule has 3 rings (SSSR count). The van der Waals surface area contributed by atoms with Gasteiger partial charge in [0.15, 0.2) is 11.5 Å². The summed E-state index contributed by atoms with van der Waals surface area (Å²) in [7, 11) is 0. The highest BCUT2D eigenvalue weighted by molar-refractivity contribution is 9.10. The molecular weight excluding hydrogens is 487 g/mol. The van der Waals surface area contributed by atoms with Crippen molar-refractivity contribution in [3.63, 3.8) is 0 Å². The summed E-state index contributed by atoms with van der Waals surface area (Å²) in [6.45, 7) is 2.66. The van der Waals surface area contributed by atoms with Gasteiger partial charge in [0.25, 0.3) is 5.91 Å². The summed E-state index contributed by atoms with van der Waals surface area (Å²) in [5, 5.41) is 4.58. The van der Waals surface area contributed by atoms with Gasteiger partial charge in [-0.15, -0.1) is 0 Å². The molecule has 0 spiro atoms. The van der Waals surface area contributed by atoms with E-state index in [-0.39, 0.29) is 5.56 Å². The van der Waals surface area contributed by atoms with Crippen molar-refractivity contribution in [2.75, 3.05) is 6.61 Å². The molecule has 0 aliphatic heterocycles. The number of amides is 1. The molecule has 0 saturated carbocycles. The second-order valence-electron chi connectivity index (χ2n) is 6.35. The first-order valence-corrected chi connectivity index (χ1v) is 10.6. The number of benzene rings is 3. The van der Waals surface area contributed by atoms with E-state index in [1.165, 1.54) is 24.4 Å². The van der Waals surface area contributed by atoms with Crippen LogP contribution in [0.2, 0.25) is 5.02 Å². The van der Waals surface area contributed by atoms with Crippen LogP contribution in [0, 0.1) is 5.82 Å². The van der Waals surface area contributed by atoms with Gasteiger partial charge in [-0.1, -0.05) is 35.9 Å². The number of carbonyl (C=O) groups is 1. The Bertz CT molecular complexity index is 1090. The third-order valence-corrected chi connectivity index (χ3v) is 5.10. The van der Waals surface area contributed by atoms with Crippen LogP contribution in [0.3, 0.4) is 0 Å². The van der Waals surface area contributed by atoms with Crippen LogP contribution in [0.5, 0.6) is 11.5 Å². The number of ether oxygens (including phenoxy) is 2. The van der Waals surface area contributed by atoms with Crippen molar-refractivity contribution >= 4 is 39.7 Å². The maximum Gasteiger partial charge on any atom is 0.274 e. The largest absolute Gasteiger partial charge is 0.490 e. The number of hydrazone groups is 1. The Balaban J connectivity index is 1.73. The minimum absolute atomic E-state index is 0.0836. The van der Waals surface area contributed by atoms with Crippen LogP contribution in [0.1, 0.15) is 28.4 Å². The third-order valence-electron chi connectivity index (χ3n) is 4.16. The summed E-state index contributed by atoms with van der Waals surface area (Å²) in [5.74, 6) is -0.173. The average Bonchev–Trinajstić information content (AvgIpc) is 2.76. The first-order chi connectivity index (χ1) is 15.0. The smallest absolute Gasteiger partial charge is 0.274 e. The third kappa shape index (κ3) is 6.29. The van der Waals surface area contributed by atoms with Crippen LogP contribution in [0.15, 0.2) is 70.2 Å². The summed E-state index contributed by atoms with van der Waals surface area (Å²) in [5.41, 5.74) is 3.85. The zero-order valence-electron chi connectivity index (χ0n) is 16.6. The van der Waals surface area contributed by atoms with E-state index in [1.807, 2.05) is 19.1 Å². The highest BCUT2D eigenvalue weighted by atomic mass is 79.9. The van der Waals surface area contributed by atoms with Crippen LogP contribution in [0.4, 0.5) is 4.39 Å². The predicted molar refractivity (Wildman–Crippen MR) is 123 cm³/mol. The number of nitrogens with one attached hydrogen (secondary N) is 1. The highest BCUT2D eigenvalue weighted by Gasteiger charge is 2.12. The van der Waals surface area contributed by atoms with Gasteiger partial charge in [-0.3, -0.25) is 4.79 Å². The van der Waals surface area contributed by atoms with Crippen molar-refractivity contribution in [2.24, 2.45) is 5.10 Å². The molecule has 0 aliphatic rings. The van der Waals surface area contributed by atoms with Crippen molar-refractivity contribution in [1.29, 1.82) is 0 Å². The first kappa shape index (κ1) is 22.8. The van der Waals surface area contributed by atoms with Gasteiger partial charge in [0.1, 0.15) is 12.4 Å². The van der Waals surface area contributed by atoms with Crippen LogP contribution >= 0.6 is 27.5 Å². The van der Waals surface area contributed by atoms with E-state index in [9.17, 15) is 9.18 Å². The molecular formula is C23H19BrClFN2O3. The van der Waals surface area contributed by atoms with Gasteiger partial charge in [-0.25, -0.2) is 9.82 Å². The lowest BCUT2D eigenvalue weighted by Crippen LogP contribution is -2.19. The second-order valence-corrected chi connectivity index (χ2v) is 7.64. The molecule has 31 heavy (non-hydrogen) atoms. The fraction of sp³-hybridized carbons (Fsp3) is 0.130. The molecule has 8 heteroatoms. The van der Waals surface area contributed by atoms with Gasteiger partial charge in [-0.05, 0) is 64.8 Å². The van der Waals surface area contributed by atoms with Crippen molar-refractivity contribution in [1.82, 2.24) is 5.43 Å². The van der Waals surface area contributed by atoms with Gasteiger partial charge >= 0.3 is 0 Å². The summed E-state index contributed by atoms with van der Waals surface area (Å²) in [4.78, 5) is 12.1. The molecule has 5 nitrogen and oxygen atoms in total. The Labute approximate surface area is 193 Å².